The van der Waals surface area contributed by atoms with Gasteiger partial charge in [0.05, 0.1) is 6.04 Å². The number of hydrogen-bond acceptors (Lipinski definition) is 2. The van der Waals surface area contributed by atoms with E-state index in [-0.39, 0.29) is 6.61 Å². The Morgan fingerprint density at radius 3 is 2.70 bits per heavy atom. The summed E-state index contributed by atoms with van der Waals surface area (Å²) in [5.41, 5.74) is 2.09. The van der Waals surface area contributed by atoms with E-state index < -0.39 is 12.5 Å². The summed E-state index contributed by atoms with van der Waals surface area (Å²) >= 11 is 0. The highest BCUT2D eigenvalue weighted by Gasteiger charge is 2.12. The number of nitrogens with one attached hydrogen (secondary N) is 1. The number of hydrogen-bond donors (Lipinski definition) is 1. The van der Waals surface area contributed by atoms with Crippen LogP contribution >= 0.6 is 0 Å². The molecule has 0 amide bonds. The van der Waals surface area contributed by atoms with Gasteiger partial charge in [0.1, 0.15) is 6.61 Å². The predicted octanol–water partition coefficient (Wildman–Crippen LogP) is 0.794. The molecule has 0 spiro atoms. The molecule has 0 aliphatic carbocycles. The molecular formula is C6H9F2NO. The van der Waals surface area contributed by atoms with E-state index >= 15 is 0 Å². The molecule has 1 N–H and O–H groups in total. The second-order valence-electron chi connectivity index (χ2n) is 1.73. The maximum Gasteiger partial charge on any atom is 0.255 e. The lowest BCUT2D eigenvalue weighted by Crippen LogP contribution is -2.32. The Balaban J connectivity index is 3.23. The van der Waals surface area contributed by atoms with E-state index in [9.17, 15) is 8.78 Å². The Labute approximate surface area is 58.5 Å². The smallest absolute Gasteiger partial charge is 0.255 e. The molecule has 1 unspecified atom stereocenters. The zero-order chi connectivity index (χ0) is 7.98. The summed E-state index contributed by atoms with van der Waals surface area (Å²) in [7, 11) is 0. The van der Waals surface area contributed by atoms with E-state index in [1.165, 1.54) is 6.92 Å². The van der Waals surface area contributed by atoms with Crippen LogP contribution < -0.4 is 5.48 Å². The molecule has 0 saturated carbocycles. The Bertz CT molecular complexity index is 121. The van der Waals surface area contributed by atoms with Gasteiger partial charge in [-0.1, -0.05) is 5.92 Å². The third kappa shape index (κ3) is 4.24. The summed E-state index contributed by atoms with van der Waals surface area (Å²) < 4.78 is 23.3. The summed E-state index contributed by atoms with van der Waals surface area (Å²) in [5.74, 6) is 2.13. The van der Waals surface area contributed by atoms with Crippen LogP contribution in [0.1, 0.15) is 6.92 Å². The van der Waals surface area contributed by atoms with Crippen LogP contribution in [0, 0.1) is 12.3 Å². The van der Waals surface area contributed by atoms with Gasteiger partial charge in [-0.25, -0.2) is 8.78 Å². The Kier molecular flexibility index (Phi) is 4.81. The molecule has 2 nitrogen and oxygen atoms in total. The standard InChI is InChI=1S/C6H9F2NO/c1-3-4-10-9-5(2)6(7)8/h1,5-6,9H,4H2,2H3. The van der Waals surface area contributed by atoms with Crippen LogP contribution in [0.2, 0.25) is 0 Å². The van der Waals surface area contributed by atoms with Gasteiger partial charge < -0.3 is 0 Å². The maximum absolute atomic E-state index is 11.7. The van der Waals surface area contributed by atoms with Crippen LogP contribution in [0.5, 0.6) is 0 Å². The topological polar surface area (TPSA) is 21.3 Å². The van der Waals surface area contributed by atoms with Crippen LogP contribution in [0.25, 0.3) is 0 Å². The van der Waals surface area contributed by atoms with Gasteiger partial charge in [-0.05, 0) is 6.92 Å². The molecular weight excluding hydrogens is 140 g/mol. The first-order valence-electron chi connectivity index (χ1n) is 2.77. The van der Waals surface area contributed by atoms with Crippen molar-refractivity contribution in [1.29, 1.82) is 0 Å². The molecule has 0 aliphatic heterocycles. The number of halogens is 2. The van der Waals surface area contributed by atoms with Crippen molar-refractivity contribution in [2.24, 2.45) is 0 Å². The highest BCUT2D eigenvalue weighted by molar-refractivity contribution is 4.82. The maximum atomic E-state index is 11.7. The minimum absolute atomic E-state index is 0.00292. The molecule has 0 bridgehead atoms. The molecule has 0 aromatic heterocycles. The molecule has 0 aromatic rings. The van der Waals surface area contributed by atoms with Gasteiger partial charge in [0.25, 0.3) is 6.43 Å². The molecule has 0 radical (unpaired) electrons. The first kappa shape index (κ1) is 9.34. The fourth-order valence-electron chi connectivity index (χ4n) is 0.266. The second-order valence-corrected chi connectivity index (χ2v) is 1.73. The van der Waals surface area contributed by atoms with Crippen molar-refractivity contribution in [2.75, 3.05) is 6.61 Å². The van der Waals surface area contributed by atoms with Crippen molar-refractivity contribution in [3.05, 3.63) is 0 Å². The van der Waals surface area contributed by atoms with E-state index in [0.29, 0.717) is 0 Å². The van der Waals surface area contributed by atoms with Crippen molar-refractivity contribution in [1.82, 2.24) is 5.48 Å². The van der Waals surface area contributed by atoms with E-state index in [0.717, 1.165) is 0 Å². The number of rotatable bonds is 4. The van der Waals surface area contributed by atoms with E-state index in [1.54, 1.807) is 0 Å². The lowest BCUT2D eigenvalue weighted by molar-refractivity contribution is -0.0141. The van der Waals surface area contributed by atoms with Crippen molar-refractivity contribution in [2.45, 2.75) is 19.4 Å². The minimum Gasteiger partial charge on any atom is -0.288 e. The van der Waals surface area contributed by atoms with Crippen LogP contribution in [0.15, 0.2) is 0 Å². The molecule has 0 saturated heterocycles. The summed E-state index contributed by atoms with van der Waals surface area (Å²) in [6.45, 7) is 1.30. The fourth-order valence-corrected chi connectivity index (χ4v) is 0.266. The normalized spacial score (nSPS) is 13.1. The third-order valence-corrected chi connectivity index (χ3v) is 0.803. The van der Waals surface area contributed by atoms with E-state index in [2.05, 4.69) is 16.2 Å². The summed E-state index contributed by atoms with van der Waals surface area (Å²) in [6, 6.07) is -0.978. The van der Waals surface area contributed by atoms with Crippen molar-refractivity contribution in [3.8, 4) is 12.3 Å². The SMILES string of the molecule is C#CCONC(C)C(F)F. The van der Waals surface area contributed by atoms with Gasteiger partial charge in [0, 0.05) is 0 Å². The highest BCUT2D eigenvalue weighted by Crippen LogP contribution is 1.98. The molecule has 0 aromatic carbocycles. The lowest BCUT2D eigenvalue weighted by Gasteiger charge is -2.10. The zero-order valence-corrected chi connectivity index (χ0v) is 5.60. The largest absolute Gasteiger partial charge is 0.288 e. The summed E-state index contributed by atoms with van der Waals surface area (Å²) in [5, 5.41) is 0. The van der Waals surface area contributed by atoms with Crippen LogP contribution in [-0.4, -0.2) is 19.1 Å². The second kappa shape index (κ2) is 5.15. The number of terminal acetylenes is 1. The van der Waals surface area contributed by atoms with Gasteiger partial charge in [-0.2, -0.15) is 5.48 Å². The first-order chi connectivity index (χ1) is 4.68. The number of hydroxylamine groups is 1. The average Bonchev–Trinajstić information content (AvgIpc) is 1.88. The molecule has 1 atom stereocenters. The molecule has 0 aliphatic rings. The zero-order valence-electron chi connectivity index (χ0n) is 5.60. The Morgan fingerprint density at radius 1 is 1.70 bits per heavy atom. The van der Waals surface area contributed by atoms with E-state index in [1.807, 2.05) is 0 Å². The Morgan fingerprint density at radius 2 is 2.30 bits per heavy atom. The molecule has 0 fully saturated rings. The predicted molar refractivity (Wildman–Crippen MR) is 33.4 cm³/mol. The highest BCUT2D eigenvalue weighted by atomic mass is 19.3. The van der Waals surface area contributed by atoms with Gasteiger partial charge in [0.15, 0.2) is 0 Å². The molecule has 0 rings (SSSR count). The van der Waals surface area contributed by atoms with Crippen molar-refractivity contribution in [3.63, 3.8) is 0 Å². The third-order valence-electron chi connectivity index (χ3n) is 0.803. The quantitative estimate of drug-likeness (QED) is 0.362. The molecule has 58 valence electrons. The van der Waals surface area contributed by atoms with Crippen molar-refractivity contribution >= 4 is 0 Å². The molecule has 0 heterocycles. The Hall–Kier alpha value is -0.660. The summed E-state index contributed by atoms with van der Waals surface area (Å²) in [4.78, 5) is 4.44. The fraction of sp³-hybridized carbons (Fsp3) is 0.667. The lowest BCUT2D eigenvalue weighted by atomic mass is 10.4. The minimum atomic E-state index is -2.43. The molecule has 10 heavy (non-hydrogen) atoms. The van der Waals surface area contributed by atoms with Crippen LogP contribution in [0.3, 0.4) is 0 Å². The summed E-state index contributed by atoms with van der Waals surface area (Å²) in [6.07, 6.45) is 2.36. The van der Waals surface area contributed by atoms with Crippen LogP contribution in [-0.2, 0) is 4.84 Å². The van der Waals surface area contributed by atoms with Gasteiger partial charge in [0.2, 0.25) is 0 Å². The van der Waals surface area contributed by atoms with Gasteiger partial charge in [-0.3, -0.25) is 4.84 Å². The monoisotopic (exact) mass is 149 g/mol. The van der Waals surface area contributed by atoms with E-state index in [4.69, 9.17) is 6.42 Å². The number of alkyl halides is 2. The molecule has 4 heteroatoms. The van der Waals surface area contributed by atoms with Crippen LogP contribution in [0.4, 0.5) is 8.78 Å². The van der Waals surface area contributed by atoms with Gasteiger partial charge in [-0.15, -0.1) is 6.42 Å². The average molecular weight is 149 g/mol. The van der Waals surface area contributed by atoms with Crippen molar-refractivity contribution < 1.29 is 13.6 Å². The first-order valence-corrected chi connectivity index (χ1v) is 2.77. The van der Waals surface area contributed by atoms with Gasteiger partial charge >= 0.3 is 0 Å².